The minimum absolute atomic E-state index is 0.200. The van der Waals surface area contributed by atoms with E-state index < -0.39 is 0 Å². The zero-order chi connectivity index (χ0) is 18.5. The molecule has 1 aromatic carbocycles. The SMILES string of the molecule is CN=C(NCc1ccc(N(C)C)c(F)c1)N1CCN(c2cccs2)CC1. The Bertz CT molecular complexity index is 736. The van der Waals surface area contributed by atoms with Crippen LogP contribution in [0.3, 0.4) is 0 Å². The van der Waals surface area contributed by atoms with Crippen LogP contribution in [0.25, 0.3) is 0 Å². The van der Waals surface area contributed by atoms with Crippen LogP contribution in [0.4, 0.5) is 15.1 Å². The van der Waals surface area contributed by atoms with Crippen molar-refractivity contribution in [1.82, 2.24) is 10.2 Å². The molecule has 5 nitrogen and oxygen atoms in total. The van der Waals surface area contributed by atoms with Crippen molar-refractivity contribution in [2.75, 3.05) is 57.1 Å². The Balaban J connectivity index is 1.55. The number of hydrogen-bond acceptors (Lipinski definition) is 4. The van der Waals surface area contributed by atoms with Crippen LogP contribution in [0.1, 0.15) is 5.56 Å². The van der Waals surface area contributed by atoms with Gasteiger partial charge in [0.05, 0.1) is 10.7 Å². The van der Waals surface area contributed by atoms with Crippen molar-refractivity contribution in [3.63, 3.8) is 0 Å². The molecular formula is C19H26FN5S. The first-order valence-electron chi connectivity index (χ1n) is 8.78. The molecule has 0 atom stereocenters. The van der Waals surface area contributed by atoms with Crippen LogP contribution in [-0.2, 0) is 6.54 Å². The van der Waals surface area contributed by atoms with E-state index in [1.54, 1.807) is 29.4 Å². The highest BCUT2D eigenvalue weighted by Crippen LogP contribution is 2.22. The molecule has 1 N–H and O–H groups in total. The number of anilines is 2. The van der Waals surface area contributed by atoms with Gasteiger partial charge in [-0.2, -0.15) is 0 Å². The summed E-state index contributed by atoms with van der Waals surface area (Å²) in [5.41, 5.74) is 1.51. The second kappa shape index (κ2) is 8.40. The topological polar surface area (TPSA) is 34.1 Å². The number of nitrogens with one attached hydrogen (secondary N) is 1. The van der Waals surface area contributed by atoms with Gasteiger partial charge in [-0.05, 0) is 35.2 Å². The van der Waals surface area contributed by atoms with Gasteiger partial charge < -0.3 is 20.0 Å². The lowest BCUT2D eigenvalue weighted by Crippen LogP contribution is -2.52. The van der Waals surface area contributed by atoms with Gasteiger partial charge in [0.25, 0.3) is 0 Å². The van der Waals surface area contributed by atoms with Crippen molar-refractivity contribution in [2.24, 2.45) is 4.99 Å². The summed E-state index contributed by atoms with van der Waals surface area (Å²) in [5.74, 6) is 0.668. The molecule has 7 heteroatoms. The molecule has 3 rings (SSSR count). The number of hydrogen-bond donors (Lipinski definition) is 1. The number of nitrogens with zero attached hydrogens (tertiary/aromatic N) is 4. The van der Waals surface area contributed by atoms with Crippen LogP contribution >= 0.6 is 11.3 Å². The molecule has 0 amide bonds. The van der Waals surface area contributed by atoms with Crippen molar-refractivity contribution < 1.29 is 4.39 Å². The Labute approximate surface area is 158 Å². The second-order valence-electron chi connectivity index (χ2n) is 6.51. The van der Waals surface area contributed by atoms with E-state index in [1.807, 2.05) is 26.2 Å². The summed E-state index contributed by atoms with van der Waals surface area (Å²) in [5, 5.41) is 6.80. The van der Waals surface area contributed by atoms with Crippen LogP contribution in [0.5, 0.6) is 0 Å². The number of benzene rings is 1. The van der Waals surface area contributed by atoms with E-state index in [1.165, 1.54) is 5.00 Å². The molecule has 2 heterocycles. The fourth-order valence-corrected chi connectivity index (χ4v) is 3.91. The largest absolute Gasteiger partial charge is 0.375 e. The first kappa shape index (κ1) is 18.5. The molecule has 1 fully saturated rings. The number of guanidine groups is 1. The number of thiophene rings is 1. The van der Waals surface area contributed by atoms with Crippen molar-refractivity contribution in [3.8, 4) is 0 Å². The Morgan fingerprint density at radius 2 is 2.00 bits per heavy atom. The Morgan fingerprint density at radius 3 is 2.58 bits per heavy atom. The van der Waals surface area contributed by atoms with Gasteiger partial charge in [-0.15, -0.1) is 11.3 Å². The van der Waals surface area contributed by atoms with Gasteiger partial charge in [0, 0.05) is 53.9 Å². The lowest BCUT2D eigenvalue weighted by atomic mass is 10.2. The molecule has 1 saturated heterocycles. The van der Waals surface area contributed by atoms with Gasteiger partial charge in [0.15, 0.2) is 5.96 Å². The minimum Gasteiger partial charge on any atom is -0.375 e. The van der Waals surface area contributed by atoms with Gasteiger partial charge in [-0.25, -0.2) is 4.39 Å². The Hall–Kier alpha value is -2.28. The summed E-state index contributed by atoms with van der Waals surface area (Å²) in [6, 6.07) is 9.61. The maximum Gasteiger partial charge on any atom is 0.194 e. The van der Waals surface area contributed by atoms with Crippen molar-refractivity contribution in [2.45, 2.75) is 6.54 Å². The lowest BCUT2D eigenvalue weighted by Gasteiger charge is -2.37. The van der Waals surface area contributed by atoms with Crippen LogP contribution in [0.15, 0.2) is 40.7 Å². The third kappa shape index (κ3) is 4.27. The van der Waals surface area contributed by atoms with Gasteiger partial charge in [0.2, 0.25) is 0 Å². The summed E-state index contributed by atoms with van der Waals surface area (Å²) in [4.78, 5) is 10.8. The summed E-state index contributed by atoms with van der Waals surface area (Å²) in [6.45, 7) is 4.36. The van der Waals surface area contributed by atoms with E-state index in [9.17, 15) is 4.39 Å². The van der Waals surface area contributed by atoms with Crippen LogP contribution in [-0.4, -0.2) is 58.2 Å². The van der Waals surface area contributed by atoms with Crippen LogP contribution in [0, 0.1) is 5.82 Å². The van der Waals surface area contributed by atoms with Gasteiger partial charge in [-0.1, -0.05) is 6.07 Å². The molecule has 0 aliphatic carbocycles. The first-order chi connectivity index (χ1) is 12.6. The smallest absolute Gasteiger partial charge is 0.194 e. The standard InChI is InChI=1S/C19H26FN5S/c1-21-19(22-14-15-6-7-17(23(2)3)16(20)13-15)25-10-8-24(9-11-25)18-5-4-12-26-18/h4-7,12-13H,8-11,14H2,1-3H3,(H,21,22). The van der Waals surface area contributed by atoms with Crippen molar-refractivity contribution in [1.29, 1.82) is 0 Å². The van der Waals surface area contributed by atoms with Gasteiger partial charge in [0.1, 0.15) is 5.82 Å². The predicted octanol–water partition coefficient (Wildman–Crippen LogP) is 2.85. The number of aliphatic imine (C=N–C) groups is 1. The molecule has 0 radical (unpaired) electrons. The zero-order valence-electron chi connectivity index (χ0n) is 15.6. The molecule has 1 aliphatic rings. The van der Waals surface area contributed by atoms with Gasteiger partial charge >= 0.3 is 0 Å². The molecule has 1 aliphatic heterocycles. The fraction of sp³-hybridized carbons (Fsp3) is 0.421. The quantitative estimate of drug-likeness (QED) is 0.658. The van der Waals surface area contributed by atoms with E-state index in [-0.39, 0.29) is 5.82 Å². The lowest BCUT2D eigenvalue weighted by molar-refractivity contribution is 0.373. The van der Waals surface area contributed by atoms with Gasteiger partial charge in [-0.3, -0.25) is 4.99 Å². The Kier molecular flexibility index (Phi) is 5.98. The fourth-order valence-electron chi connectivity index (χ4n) is 3.12. The third-order valence-corrected chi connectivity index (χ3v) is 5.48. The van der Waals surface area contributed by atoms with E-state index in [4.69, 9.17) is 0 Å². The number of rotatable bonds is 4. The van der Waals surface area contributed by atoms with E-state index in [2.05, 4.69) is 37.6 Å². The molecule has 0 bridgehead atoms. The molecule has 1 aromatic heterocycles. The highest BCUT2D eigenvalue weighted by Gasteiger charge is 2.20. The highest BCUT2D eigenvalue weighted by atomic mass is 32.1. The average Bonchev–Trinajstić information content (AvgIpc) is 3.17. The number of piperazine rings is 1. The predicted molar refractivity (Wildman–Crippen MR) is 109 cm³/mol. The van der Waals surface area contributed by atoms with Crippen LogP contribution < -0.4 is 15.1 Å². The zero-order valence-corrected chi connectivity index (χ0v) is 16.4. The first-order valence-corrected chi connectivity index (χ1v) is 9.66. The van der Waals surface area contributed by atoms with Crippen molar-refractivity contribution >= 4 is 28.0 Å². The molecule has 0 unspecified atom stereocenters. The monoisotopic (exact) mass is 375 g/mol. The average molecular weight is 376 g/mol. The van der Waals surface area contributed by atoms with Crippen molar-refractivity contribution in [3.05, 3.63) is 47.1 Å². The minimum atomic E-state index is -0.200. The molecule has 2 aromatic rings. The van der Waals surface area contributed by atoms with Crippen LogP contribution in [0.2, 0.25) is 0 Å². The molecule has 0 saturated carbocycles. The summed E-state index contributed by atoms with van der Waals surface area (Å²) >= 11 is 1.78. The highest BCUT2D eigenvalue weighted by molar-refractivity contribution is 7.14. The van der Waals surface area contributed by atoms with E-state index in [0.717, 1.165) is 37.7 Å². The second-order valence-corrected chi connectivity index (χ2v) is 7.43. The van der Waals surface area contributed by atoms with E-state index in [0.29, 0.717) is 12.2 Å². The number of halogens is 1. The molecular weight excluding hydrogens is 349 g/mol. The third-order valence-electron chi connectivity index (χ3n) is 4.55. The van der Waals surface area contributed by atoms with E-state index >= 15 is 0 Å². The molecule has 26 heavy (non-hydrogen) atoms. The Morgan fingerprint density at radius 1 is 1.23 bits per heavy atom. The normalized spacial score (nSPS) is 15.3. The summed E-state index contributed by atoms with van der Waals surface area (Å²) in [7, 11) is 5.48. The molecule has 0 spiro atoms. The maximum atomic E-state index is 14.1. The molecule has 140 valence electrons. The maximum absolute atomic E-state index is 14.1. The summed E-state index contributed by atoms with van der Waals surface area (Å²) in [6.07, 6.45) is 0. The summed E-state index contributed by atoms with van der Waals surface area (Å²) < 4.78 is 14.1.